The van der Waals surface area contributed by atoms with E-state index < -0.39 is 0 Å². The third kappa shape index (κ3) is 2.02. The zero-order valence-corrected chi connectivity index (χ0v) is 10.3. The average Bonchev–Trinajstić information content (AvgIpc) is 2.74. The van der Waals surface area contributed by atoms with E-state index >= 15 is 0 Å². The molecule has 0 fully saturated rings. The molecule has 2 aromatic heterocycles. The van der Waals surface area contributed by atoms with Crippen LogP contribution in [0.2, 0.25) is 5.02 Å². The SMILES string of the molecule is Nc1cnc2c(Cc3ccc(Cl)cc3)cnn2c1. The van der Waals surface area contributed by atoms with E-state index in [0.717, 1.165) is 22.7 Å². The number of anilines is 1. The van der Waals surface area contributed by atoms with Crippen LogP contribution in [-0.4, -0.2) is 14.6 Å². The van der Waals surface area contributed by atoms with Crippen molar-refractivity contribution in [1.82, 2.24) is 14.6 Å². The Morgan fingerprint density at radius 2 is 1.94 bits per heavy atom. The van der Waals surface area contributed by atoms with Crippen LogP contribution in [0.3, 0.4) is 0 Å². The fourth-order valence-corrected chi connectivity index (χ4v) is 2.01. The van der Waals surface area contributed by atoms with Crippen LogP contribution in [-0.2, 0) is 6.42 Å². The van der Waals surface area contributed by atoms with E-state index in [-0.39, 0.29) is 0 Å². The molecule has 5 heteroatoms. The van der Waals surface area contributed by atoms with Crippen molar-refractivity contribution in [2.75, 3.05) is 5.73 Å². The van der Waals surface area contributed by atoms with Crippen molar-refractivity contribution in [3.8, 4) is 0 Å². The molecule has 0 aliphatic rings. The molecule has 4 nitrogen and oxygen atoms in total. The van der Waals surface area contributed by atoms with Crippen molar-refractivity contribution in [3.05, 3.63) is 59.0 Å². The maximum atomic E-state index is 5.86. The Kier molecular flexibility index (Phi) is 2.64. The zero-order valence-electron chi connectivity index (χ0n) is 9.55. The quantitative estimate of drug-likeness (QED) is 0.769. The van der Waals surface area contributed by atoms with E-state index in [1.54, 1.807) is 16.9 Å². The Balaban J connectivity index is 1.97. The van der Waals surface area contributed by atoms with Gasteiger partial charge >= 0.3 is 0 Å². The van der Waals surface area contributed by atoms with Gasteiger partial charge in [0.1, 0.15) is 0 Å². The third-order valence-corrected chi connectivity index (χ3v) is 3.01. The zero-order chi connectivity index (χ0) is 12.5. The molecular formula is C13H11ClN4. The summed E-state index contributed by atoms with van der Waals surface area (Å²) in [6.07, 6.45) is 5.99. The predicted molar refractivity (Wildman–Crippen MR) is 71.7 cm³/mol. The molecule has 18 heavy (non-hydrogen) atoms. The second kappa shape index (κ2) is 4.31. The van der Waals surface area contributed by atoms with Gasteiger partial charge in [-0.3, -0.25) is 0 Å². The van der Waals surface area contributed by atoms with Crippen molar-refractivity contribution in [1.29, 1.82) is 0 Å². The Hall–Kier alpha value is -2.07. The number of aromatic nitrogens is 3. The van der Waals surface area contributed by atoms with Crippen molar-refractivity contribution >= 4 is 22.9 Å². The van der Waals surface area contributed by atoms with E-state index in [0.29, 0.717) is 5.69 Å². The molecular weight excluding hydrogens is 248 g/mol. The van der Waals surface area contributed by atoms with Crippen molar-refractivity contribution < 1.29 is 0 Å². The lowest BCUT2D eigenvalue weighted by molar-refractivity contribution is 0.942. The fraction of sp³-hybridized carbons (Fsp3) is 0.0769. The van der Waals surface area contributed by atoms with Gasteiger partial charge in [-0.05, 0) is 17.7 Å². The molecule has 3 rings (SSSR count). The topological polar surface area (TPSA) is 56.2 Å². The first-order chi connectivity index (χ1) is 8.72. The maximum absolute atomic E-state index is 5.86. The minimum atomic E-state index is 0.601. The Morgan fingerprint density at radius 1 is 1.17 bits per heavy atom. The van der Waals surface area contributed by atoms with Crippen LogP contribution in [0.4, 0.5) is 5.69 Å². The van der Waals surface area contributed by atoms with Gasteiger partial charge in [0.15, 0.2) is 5.65 Å². The first-order valence-corrected chi connectivity index (χ1v) is 5.92. The predicted octanol–water partition coefficient (Wildman–Crippen LogP) is 2.56. The van der Waals surface area contributed by atoms with Crippen molar-refractivity contribution in [3.63, 3.8) is 0 Å². The Labute approximate surface area is 109 Å². The molecule has 0 saturated carbocycles. The molecule has 1 aromatic carbocycles. The molecule has 0 saturated heterocycles. The number of fused-ring (bicyclic) bond motifs is 1. The minimum absolute atomic E-state index is 0.601. The third-order valence-electron chi connectivity index (χ3n) is 2.76. The molecule has 3 aromatic rings. The number of hydrogen-bond acceptors (Lipinski definition) is 3. The summed E-state index contributed by atoms with van der Waals surface area (Å²) in [5, 5.41) is 4.98. The van der Waals surface area contributed by atoms with Gasteiger partial charge in [0.2, 0.25) is 0 Å². The standard InChI is InChI=1S/C13H11ClN4/c14-11-3-1-9(2-4-11)5-10-6-17-18-8-12(15)7-16-13(10)18/h1-4,6-8H,5,15H2. The summed E-state index contributed by atoms with van der Waals surface area (Å²) in [7, 11) is 0. The molecule has 90 valence electrons. The largest absolute Gasteiger partial charge is 0.396 e. The molecule has 2 heterocycles. The highest BCUT2D eigenvalue weighted by molar-refractivity contribution is 6.30. The summed E-state index contributed by atoms with van der Waals surface area (Å²) in [6, 6.07) is 7.77. The molecule has 0 aliphatic carbocycles. The Bertz CT molecular complexity index is 688. The van der Waals surface area contributed by atoms with E-state index in [2.05, 4.69) is 10.1 Å². The molecule has 0 bridgehead atoms. The van der Waals surface area contributed by atoms with Gasteiger partial charge in [-0.2, -0.15) is 5.10 Å². The van der Waals surface area contributed by atoms with Crippen molar-refractivity contribution in [2.24, 2.45) is 0 Å². The molecule has 0 spiro atoms. The van der Waals surface area contributed by atoms with Crippen LogP contribution in [0, 0.1) is 0 Å². The summed E-state index contributed by atoms with van der Waals surface area (Å²) in [4.78, 5) is 4.30. The number of benzene rings is 1. The first kappa shape index (κ1) is 11.0. The van der Waals surface area contributed by atoms with Gasteiger partial charge < -0.3 is 5.73 Å². The van der Waals surface area contributed by atoms with Crippen LogP contribution in [0.1, 0.15) is 11.1 Å². The van der Waals surface area contributed by atoms with Crippen LogP contribution in [0.15, 0.2) is 42.9 Å². The van der Waals surface area contributed by atoms with Gasteiger partial charge in [0.25, 0.3) is 0 Å². The van der Waals surface area contributed by atoms with Gasteiger partial charge in [0.05, 0.1) is 24.3 Å². The minimum Gasteiger partial charge on any atom is -0.396 e. The highest BCUT2D eigenvalue weighted by atomic mass is 35.5. The second-order valence-electron chi connectivity index (χ2n) is 4.13. The van der Waals surface area contributed by atoms with Crippen LogP contribution in [0.25, 0.3) is 5.65 Å². The van der Waals surface area contributed by atoms with E-state index in [4.69, 9.17) is 17.3 Å². The second-order valence-corrected chi connectivity index (χ2v) is 4.56. The summed E-state index contributed by atoms with van der Waals surface area (Å²) in [5.41, 5.74) is 9.34. The number of hydrogen-bond donors (Lipinski definition) is 1. The highest BCUT2D eigenvalue weighted by Gasteiger charge is 2.06. The highest BCUT2D eigenvalue weighted by Crippen LogP contribution is 2.16. The van der Waals surface area contributed by atoms with Crippen molar-refractivity contribution in [2.45, 2.75) is 6.42 Å². The summed E-state index contributed by atoms with van der Waals surface area (Å²) in [6.45, 7) is 0. The van der Waals surface area contributed by atoms with Gasteiger partial charge in [-0.25, -0.2) is 9.50 Å². The number of nitrogen functional groups attached to an aromatic ring is 1. The monoisotopic (exact) mass is 258 g/mol. The van der Waals surface area contributed by atoms with E-state index in [9.17, 15) is 0 Å². The smallest absolute Gasteiger partial charge is 0.158 e. The fourth-order valence-electron chi connectivity index (χ4n) is 1.89. The summed E-state index contributed by atoms with van der Waals surface area (Å²) in [5.74, 6) is 0. The lowest BCUT2D eigenvalue weighted by Crippen LogP contribution is -1.95. The maximum Gasteiger partial charge on any atom is 0.158 e. The molecule has 0 atom stereocenters. The molecule has 0 aliphatic heterocycles. The lowest BCUT2D eigenvalue weighted by Gasteiger charge is -2.00. The molecule has 0 amide bonds. The number of nitrogens with zero attached hydrogens (tertiary/aromatic N) is 3. The van der Waals surface area contributed by atoms with Gasteiger partial charge in [-0.15, -0.1) is 0 Å². The summed E-state index contributed by atoms with van der Waals surface area (Å²) < 4.78 is 1.70. The number of rotatable bonds is 2. The average molecular weight is 259 g/mol. The van der Waals surface area contributed by atoms with E-state index in [1.807, 2.05) is 30.5 Å². The lowest BCUT2D eigenvalue weighted by atomic mass is 10.1. The first-order valence-electron chi connectivity index (χ1n) is 5.54. The van der Waals surface area contributed by atoms with Crippen LogP contribution >= 0.6 is 11.6 Å². The van der Waals surface area contributed by atoms with Crippen LogP contribution < -0.4 is 5.73 Å². The summed E-state index contributed by atoms with van der Waals surface area (Å²) >= 11 is 5.86. The van der Waals surface area contributed by atoms with E-state index in [1.165, 1.54) is 5.56 Å². The Morgan fingerprint density at radius 3 is 2.72 bits per heavy atom. The van der Waals surface area contributed by atoms with Gasteiger partial charge in [0, 0.05) is 17.0 Å². The van der Waals surface area contributed by atoms with Crippen LogP contribution in [0.5, 0.6) is 0 Å². The molecule has 0 unspecified atom stereocenters. The molecule has 2 N–H and O–H groups in total. The number of nitrogens with two attached hydrogens (primary N) is 1. The molecule has 0 radical (unpaired) electrons. The normalized spacial score (nSPS) is 10.9. The van der Waals surface area contributed by atoms with Gasteiger partial charge in [-0.1, -0.05) is 23.7 Å². The number of halogens is 1.